The molecule has 0 saturated carbocycles. The van der Waals surface area contributed by atoms with Crippen LogP contribution in [0.1, 0.15) is 0 Å². The summed E-state index contributed by atoms with van der Waals surface area (Å²) in [4.78, 5) is 0. The molecule has 1 heterocycles. The van der Waals surface area contributed by atoms with Crippen LogP contribution in [0.2, 0.25) is 0 Å². The summed E-state index contributed by atoms with van der Waals surface area (Å²) in [5.41, 5.74) is 0.909. The van der Waals surface area contributed by atoms with Crippen LogP contribution in [0.3, 0.4) is 0 Å². The van der Waals surface area contributed by atoms with Crippen LogP contribution in [0.5, 0.6) is 5.75 Å². The summed E-state index contributed by atoms with van der Waals surface area (Å²) in [6, 6.07) is 7.64. The molecule has 0 spiro atoms. The topological polar surface area (TPSA) is 36.9 Å². The molecule has 4 nitrogen and oxygen atoms in total. The van der Waals surface area contributed by atoms with Crippen molar-refractivity contribution in [2.24, 2.45) is 0 Å². The van der Waals surface area contributed by atoms with Crippen molar-refractivity contribution in [1.82, 2.24) is 0 Å². The second-order valence-corrected chi connectivity index (χ2v) is 3.16. The molecule has 0 aromatic heterocycles. The van der Waals surface area contributed by atoms with E-state index in [1.807, 2.05) is 24.3 Å². The Hall–Kier alpha value is -1.04. The molecule has 5 heteroatoms. The minimum absolute atomic E-state index is 0.226. The Morgan fingerprint density at radius 2 is 2.00 bits per heavy atom. The first kappa shape index (κ1) is 10.5. The molecule has 0 radical (unpaired) electrons. The van der Waals surface area contributed by atoms with Gasteiger partial charge in [-0.25, -0.2) is 0 Å². The summed E-state index contributed by atoms with van der Waals surface area (Å²) < 4.78 is 21.1. The Morgan fingerprint density at radius 3 is 2.73 bits per heavy atom. The summed E-state index contributed by atoms with van der Waals surface area (Å²) in [7, 11) is 1.28. The van der Waals surface area contributed by atoms with Gasteiger partial charge in [-0.1, -0.05) is 18.2 Å². The van der Waals surface area contributed by atoms with Crippen LogP contribution >= 0.6 is 0 Å². The molecule has 0 aliphatic carbocycles. The third kappa shape index (κ3) is 2.50. The second kappa shape index (κ2) is 5.16. The van der Waals surface area contributed by atoms with Gasteiger partial charge in [0.25, 0.3) is 0 Å². The maximum absolute atomic E-state index is 5.42. The molecule has 1 fully saturated rings. The smallest absolute Gasteiger partial charge is 0.468 e. The zero-order valence-corrected chi connectivity index (χ0v) is 8.64. The quantitative estimate of drug-likeness (QED) is 0.530. The third-order valence-corrected chi connectivity index (χ3v) is 2.13. The lowest BCUT2D eigenvalue weighted by atomic mass is 9.79. The zero-order chi connectivity index (χ0) is 10.5. The van der Waals surface area contributed by atoms with Gasteiger partial charge in [0.05, 0.1) is 13.2 Å². The predicted molar refractivity (Wildman–Crippen MR) is 56.2 cm³/mol. The number of hydrogen-bond donors (Lipinski definition) is 0. The molecule has 0 atom stereocenters. The minimum atomic E-state index is -0.307. The van der Waals surface area contributed by atoms with E-state index in [9.17, 15) is 0 Å². The maximum Gasteiger partial charge on any atom is 0.497 e. The van der Waals surface area contributed by atoms with E-state index >= 15 is 0 Å². The summed E-state index contributed by atoms with van der Waals surface area (Å²) >= 11 is 0. The van der Waals surface area contributed by atoms with E-state index in [1.54, 1.807) is 7.11 Å². The van der Waals surface area contributed by atoms with Crippen LogP contribution in [-0.4, -0.2) is 34.2 Å². The Bertz CT molecular complexity index is 312. The summed E-state index contributed by atoms with van der Waals surface area (Å²) in [6.07, 6.45) is 0. The van der Waals surface area contributed by atoms with Gasteiger partial charge in [-0.3, -0.25) is 0 Å². The van der Waals surface area contributed by atoms with Crippen molar-refractivity contribution in [2.75, 3.05) is 27.1 Å². The highest BCUT2D eigenvalue weighted by Gasteiger charge is 2.29. The molecule has 1 aliphatic heterocycles. The lowest BCUT2D eigenvalue weighted by molar-refractivity contribution is 0.0517. The minimum Gasteiger partial charge on any atom is -0.468 e. The second-order valence-electron chi connectivity index (χ2n) is 3.16. The molecular formula is C10H13BO4. The number of hydrogen-bond acceptors (Lipinski definition) is 4. The van der Waals surface area contributed by atoms with E-state index in [4.69, 9.17) is 18.8 Å². The summed E-state index contributed by atoms with van der Waals surface area (Å²) in [6.45, 7) is 1.48. The monoisotopic (exact) mass is 208 g/mol. The van der Waals surface area contributed by atoms with Crippen LogP contribution in [0.15, 0.2) is 24.3 Å². The van der Waals surface area contributed by atoms with Gasteiger partial charge < -0.3 is 18.8 Å². The van der Waals surface area contributed by atoms with Gasteiger partial charge in [0.2, 0.25) is 0 Å². The Morgan fingerprint density at radius 1 is 1.27 bits per heavy atom. The van der Waals surface area contributed by atoms with E-state index in [0.29, 0.717) is 13.2 Å². The van der Waals surface area contributed by atoms with Crippen molar-refractivity contribution in [3.63, 3.8) is 0 Å². The van der Waals surface area contributed by atoms with Crippen LogP contribution in [-0.2, 0) is 14.0 Å². The molecule has 1 saturated heterocycles. The van der Waals surface area contributed by atoms with Gasteiger partial charge in [-0.05, 0) is 6.07 Å². The van der Waals surface area contributed by atoms with Crippen LogP contribution < -0.4 is 10.2 Å². The fourth-order valence-electron chi connectivity index (χ4n) is 1.47. The summed E-state index contributed by atoms with van der Waals surface area (Å²) in [5, 5.41) is 0. The highest BCUT2D eigenvalue weighted by atomic mass is 16.7. The standard InChI is InChI=1S/C10H13BO4/c1-12-8-13-10-5-3-2-4-9(10)11-14-6-7-15-11/h2-5H,6-8H2,1H3. The van der Waals surface area contributed by atoms with Gasteiger partial charge in [0, 0.05) is 12.6 Å². The molecule has 0 N–H and O–H groups in total. The van der Waals surface area contributed by atoms with E-state index in [-0.39, 0.29) is 13.9 Å². The Balaban J connectivity index is 2.13. The van der Waals surface area contributed by atoms with Gasteiger partial charge in [0.1, 0.15) is 5.75 Å². The maximum atomic E-state index is 5.42. The fraction of sp³-hybridized carbons (Fsp3) is 0.400. The van der Waals surface area contributed by atoms with Crippen molar-refractivity contribution in [1.29, 1.82) is 0 Å². The molecule has 2 rings (SSSR count). The summed E-state index contributed by atoms with van der Waals surface area (Å²) in [5.74, 6) is 0.742. The van der Waals surface area contributed by atoms with Crippen molar-refractivity contribution in [3.8, 4) is 5.75 Å². The third-order valence-electron chi connectivity index (χ3n) is 2.13. The number of methoxy groups -OCH3 is 1. The molecule has 1 aromatic carbocycles. The number of benzene rings is 1. The largest absolute Gasteiger partial charge is 0.497 e. The van der Waals surface area contributed by atoms with Crippen LogP contribution in [0, 0.1) is 0 Å². The fourth-order valence-corrected chi connectivity index (χ4v) is 1.47. The number of ether oxygens (including phenoxy) is 2. The van der Waals surface area contributed by atoms with E-state index in [2.05, 4.69) is 0 Å². The van der Waals surface area contributed by atoms with Gasteiger partial charge in [-0.2, -0.15) is 0 Å². The Labute approximate surface area is 89.2 Å². The lowest BCUT2D eigenvalue weighted by Gasteiger charge is -2.11. The predicted octanol–water partition coefficient (Wildman–Crippen LogP) is 0.411. The molecule has 15 heavy (non-hydrogen) atoms. The SMILES string of the molecule is COCOc1ccccc1B1OCCO1. The molecule has 1 aliphatic rings. The van der Waals surface area contributed by atoms with E-state index in [1.165, 1.54) is 0 Å². The van der Waals surface area contributed by atoms with E-state index < -0.39 is 0 Å². The first-order valence-corrected chi connectivity index (χ1v) is 4.85. The highest BCUT2D eigenvalue weighted by molar-refractivity contribution is 6.62. The normalized spacial score (nSPS) is 15.7. The first-order chi connectivity index (χ1) is 7.42. The number of para-hydroxylation sites is 1. The number of rotatable bonds is 4. The Kier molecular flexibility index (Phi) is 3.61. The zero-order valence-electron chi connectivity index (χ0n) is 8.64. The van der Waals surface area contributed by atoms with Crippen molar-refractivity contribution >= 4 is 12.6 Å². The molecule has 0 amide bonds. The van der Waals surface area contributed by atoms with Gasteiger partial charge in [0.15, 0.2) is 6.79 Å². The molecule has 80 valence electrons. The highest BCUT2D eigenvalue weighted by Crippen LogP contribution is 2.11. The molecular weight excluding hydrogens is 195 g/mol. The van der Waals surface area contributed by atoms with Gasteiger partial charge in [-0.15, -0.1) is 0 Å². The van der Waals surface area contributed by atoms with Crippen molar-refractivity contribution in [3.05, 3.63) is 24.3 Å². The van der Waals surface area contributed by atoms with Crippen molar-refractivity contribution < 1.29 is 18.8 Å². The van der Waals surface area contributed by atoms with Crippen LogP contribution in [0.4, 0.5) is 0 Å². The van der Waals surface area contributed by atoms with E-state index in [0.717, 1.165) is 11.2 Å². The van der Waals surface area contributed by atoms with Gasteiger partial charge >= 0.3 is 7.12 Å². The lowest BCUT2D eigenvalue weighted by Crippen LogP contribution is -2.33. The first-order valence-electron chi connectivity index (χ1n) is 4.85. The molecule has 0 bridgehead atoms. The van der Waals surface area contributed by atoms with Crippen LogP contribution in [0.25, 0.3) is 0 Å². The molecule has 0 unspecified atom stereocenters. The average molecular weight is 208 g/mol. The van der Waals surface area contributed by atoms with Crippen molar-refractivity contribution in [2.45, 2.75) is 0 Å². The molecule has 1 aromatic rings. The average Bonchev–Trinajstić information content (AvgIpc) is 2.80.